The smallest absolute Gasteiger partial charge is 0.274 e. The highest BCUT2D eigenvalue weighted by Crippen LogP contribution is 2.40. The lowest BCUT2D eigenvalue weighted by Crippen LogP contribution is -2.32. The largest absolute Gasteiger partial charge is 0.355 e. The van der Waals surface area contributed by atoms with Crippen LogP contribution in [0.4, 0.5) is 11.5 Å². The van der Waals surface area contributed by atoms with Gasteiger partial charge < -0.3 is 15.1 Å². The number of anilines is 2. The van der Waals surface area contributed by atoms with E-state index in [9.17, 15) is 4.79 Å². The van der Waals surface area contributed by atoms with Gasteiger partial charge in [0.1, 0.15) is 21.5 Å². The first-order chi connectivity index (χ1) is 18.5. The van der Waals surface area contributed by atoms with E-state index in [2.05, 4.69) is 37.2 Å². The van der Waals surface area contributed by atoms with Crippen LogP contribution in [0.2, 0.25) is 0 Å². The third kappa shape index (κ3) is 5.89. The molecule has 1 saturated carbocycles. The van der Waals surface area contributed by atoms with Crippen molar-refractivity contribution in [2.45, 2.75) is 32.1 Å². The molecule has 9 heteroatoms. The Hall–Kier alpha value is -3.69. The number of nitrogens with one attached hydrogen (secondary N) is 1. The van der Waals surface area contributed by atoms with Crippen molar-refractivity contribution in [1.29, 1.82) is 0 Å². The van der Waals surface area contributed by atoms with Gasteiger partial charge in [-0.3, -0.25) is 4.79 Å². The molecule has 0 spiro atoms. The van der Waals surface area contributed by atoms with Crippen molar-refractivity contribution in [2.75, 3.05) is 43.9 Å². The molecule has 1 N–H and O–H groups in total. The first kappa shape index (κ1) is 25.9. The van der Waals surface area contributed by atoms with E-state index in [0.29, 0.717) is 23.1 Å². The fourth-order valence-corrected chi connectivity index (χ4v) is 5.36. The predicted molar refractivity (Wildman–Crippen MR) is 154 cm³/mol. The molecule has 38 heavy (non-hydrogen) atoms. The van der Waals surface area contributed by atoms with E-state index in [4.69, 9.17) is 4.98 Å². The van der Waals surface area contributed by atoms with Crippen LogP contribution in [0.3, 0.4) is 0 Å². The van der Waals surface area contributed by atoms with Crippen molar-refractivity contribution in [3.8, 4) is 22.0 Å². The van der Waals surface area contributed by atoms with Gasteiger partial charge >= 0.3 is 0 Å². The van der Waals surface area contributed by atoms with E-state index in [1.165, 1.54) is 19.3 Å². The van der Waals surface area contributed by atoms with E-state index in [1.807, 2.05) is 68.7 Å². The quantitative estimate of drug-likeness (QED) is 0.288. The molecule has 0 aliphatic heterocycles. The van der Waals surface area contributed by atoms with Crippen LogP contribution in [0.15, 0.2) is 60.7 Å². The lowest BCUT2D eigenvalue weighted by atomic mass is 9.86. The number of carbonyl (C=O) groups is 1. The van der Waals surface area contributed by atoms with Gasteiger partial charge in [0.25, 0.3) is 5.91 Å². The Balaban J connectivity index is 1.46. The van der Waals surface area contributed by atoms with Crippen molar-refractivity contribution < 1.29 is 4.79 Å². The number of nitrogens with zero attached hydrogens (tertiary/aromatic N) is 6. The van der Waals surface area contributed by atoms with Crippen LogP contribution in [0.5, 0.6) is 0 Å². The molecule has 1 fully saturated rings. The van der Waals surface area contributed by atoms with Crippen molar-refractivity contribution >= 4 is 28.7 Å². The first-order valence-electron chi connectivity index (χ1n) is 13.1. The first-order valence-corrected chi connectivity index (χ1v) is 13.9. The van der Waals surface area contributed by atoms with Crippen molar-refractivity contribution in [1.82, 2.24) is 25.1 Å². The summed E-state index contributed by atoms with van der Waals surface area (Å²) in [6.07, 6.45) is 3.61. The summed E-state index contributed by atoms with van der Waals surface area (Å²) in [6.45, 7) is 4.52. The second-order valence-corrected chi connectivity index (χ2v) is 10.8. The maximum Gasteiger partial charge on any atom is 0.274 e. The topological polar surface area (TPSA) is 87.1 Å². The van der Waals surface area contributed by atoms with Gasteiger partial charge in [0, 0.05) is 42.7 Å². The molecule has 1 aliphatic carbocycles. The van der Waals surface area contributed by atoms with Gasteiger partial charge in [-0.1, -0.05) is 60.2 Å². The zero-order valence-corrected chi connectivity index (χ0v) is 22.9. The maximum absolute atomic E-state index is 13.6. The summed E-state index contributed by atoms with van der Waals surface area (Å²) in [5.74, 6) is 1.49. The minimum absolute atomic E-state index is 0.286. The Kier molecular flexibility index (Phi) is 8.05. The van der Waals surface area contributed by atoms with Gasteiger partial charge in [0.05, 0.1) is 5.69 Å². The lowest BCUT2D eigenvalue weighted by molar-refractivity contribution is 0.102. The van der Waals surface area contributed by atoms with E-state index in [0.717, 1.165) is 46.6 Å². The molecule has 4 aromatic rings. The monoisotopic (exact) mass is 527 g/mol. The highest BCUT2D eigenvalue weighted by molar-refractivity contribution is 7.14. The molecule has 0 saturated heterocycles. The maximum atomic E-state index is 13.6. The summed E-state index contributed by atoms with van der Waals surface area (Å²) >= 11 is 1.61. The van der Waals surface area contributed by atoms with Crippen LogP contribution in [0.25, 0.3) is 22.0 Å². The van der Waals surface area contributed by atoms with Crippen molar-refractivity contribution in [3.05, 3.63) is 71.4 Å². The summed E-state index contributed by atoms with van der Waals surface area (Å²) < 4.78 is 0. The standard InChI is InChI=1S/C29H33N7OS/c1-4-36(18-17-35(2)3)25-19-24(30-26(32-25)20-11-6-5-7-12-20)27(37)31-23-16-9-8-15-22(23)29-34-33-28(38-29)21-13-10-14-21/h5-9,11-12,15-16,19,21H,4,10,13-14,17-18H2,1-3H3,(H,31,37). The highest BCUT2D eigenvalue weighted by atomic mass is 32.1. The minimum atomic E-state index is -0.286. The van der Waals surface area contributed by atoms with Gasteiger partial charge in [-0.05, 0) is 46.0 Å². The van der Waals surface area contributed by atoms with Crippen molar-refractivity contribution in [3.63, 3.8) is 0 Å². The number of rotatable bonds is 10. The molecule has 2 aromatic heterocycles. The number of hydrogen-bond acceptors (Lipinski definition) is 8. The number of benzene rings is 2. The summed E-state index contributed by atoms with van der Waals surface area (Å²) in [5, 5.41) is 13.9. The van der Waals surface area contributed by atoms with Gasteiger partial charge in [0.15, 0.2) is 5.82 Å². The zero-order valence-electron chi connectivity index (χ0n) is 22.1. The van der Waals surface area contributed by atoms with Gasteiger partial charge in [0.2, 0.25) is 0 Å². The van der Waals surface area contributed by atoms with Crippen LogP contribution in [-0.2, 0) is 0 Å². The highest BCUT2D eigenvalue weighted by Gasteiger charge is 2.24. The molecule has 0 unspecified atom stereocenters. The molecule has 1 amide bonds. The molecule has 1 aliphatic rings. The van der Waals surface area contributed by atoms with Gasteiger partial charge in [-0.2, -0.15) is 0 Å². The average Bonchev–Trinajstić information content (AvgIpc) is 3.37. The number of carbonyl (C=O) groups excluding carboxylic acids is 1. The third-order valence-corrected chi connectivity index (χ3v) is 7.92. The Morgan fingerprint density at radius 3 is 2.47 bits per heavy atom. The average molecular weight is 528 g/mol. The number of amides is 1. The molecule has 0 radical (unpaired) electrons. The Bertz CT molecular complexity index is 1380. The molecule has 0 atom stereocenters. The summed E-state index contributed by atoms with van der Waals surface area (Å²) in [6, 6.07) is 19.3. The molecule has 2 heterocycles. The molecular weight excluding hydrogens is 494 g/mol. The van der Waals surface area contributed by atoms with Crippen molar-refractivity contribution in [2.24, 2.45) is 0 Å². The van der Waals surface area contributed by atoms with Crippen LogP contribution >= 0.6 is 11.3 Å². The molecule has 196 valence electrons. The fourth-order valence-electron chi connectivity index (χ4n) is 4.31. The van der Waals surface area contributed by atoms with Crippen LogP contribution < -0.4 is 10.2 Å². The number of likely N-dealkylation sites (N-methyl/N-ethyl adjacent to an activating group) is 2. The van der Waals surface area contributed by atoms with Crippen LogP contribution in [0, 0.1) is 0 Å². The SMILES string of the molecule is CCN(CCN(C)C)c1cc(C(=O)Nc2ccccc2-c2nnc(C3CCC3)s2)nc(-c2ccccc2)n1. The van der Waals surface area contributed by atoms with E-state index < -0.39 is 0 Å². The Morgan fingerprint density at radius 1 is 1.00 bits per heavy atom. The van der Waals surface area contributed by atoms with Gasteiger partial charge in [-0.25, -0.2) is 9.97 Å². The van der Waals surface area contributed by atoms with E-state index in [1.54, 1.807) is 17.4 Å². The third-order valence-electron chi connectivity index (χ3n) is 6.80. The van der Waals surface area contributed by atoms with Crippen LogP contribution in [-0.4, -0.2) is 64.7 Å². The second-order valence-electron chi connectivity index (χ2n) is 9.76. The normalized spacial score (nSPS) is 13.4. The number of para-hydroxylation sites is 1. The molecular formula is C29H33N7OS. The predicted octanol–water partition coefficient (Wildman–Crippen LogP) is 5.57. The molecule has 2 aromatic carbocycles. The fraction of sp³-hybridized carbons (Fsp3) is 0.345. The van der Waals surface area contributed by atoms with E-state index in [-0.39, 0.29) is 5.91 Å². The molecule has 5 rings (SSSR count). The Morgan fingerprint density at radius 2 is 1.76 bits per heavy atom. The lowest BCUT2D eigenvalue weighted by Gasteiger charge is -2.24. The molecule has 8 nitrogen and oxygen atoms in total. The zero-order chi connectivity index (χ0) is 26.5. The Labute approximate surface area is 227 Å². The van der Waals surface area contributed by atoms with Gasteiger partial charge in [-0.15, -0.1) is 10.2 Å². The summed E-state index contributed by atoms with van der Waals surface area (Å²) in [4.78, 5) is 27.4. The second kappa shape index (κ2) is 11.8. The summed E-state index contributed by atoms with van der Waals surface area (Å²) in [5.41, 5.74) is 2.74. The molecule has 0 bridgehead atoms. The van der Waals surface area contributed by atoms with Crippen LogP contribution in [0.1, 0.15) is 47.6 Å². The number of aromatic nitrogens is 4. The minimum Gasteiger partial charge on any atom is -0.355 e. The van der Waals surface area contributed by atoms with E-state index >= 15 is 0 Å². The number of hydrogen-bond donors (Lipinski definition) is 1. The summed E-state index contributed by atoms with van der Waals surface area (Å²) in [7, 11) is 4.10.